The molecule has 136 valence electrons. The van der Waals surface area contributed by atoms with Crippen LogP contribution in [-0.2, 0) is 14.8 Å². The number of hydrogen-bond donors (Lipinski definition) is 2. The maximum absolute atomic E-state index is 12.6. The molecule has 0 bridgehead atoms. The molecule has 0 spiro atoms. The first kappa shape index (κ1) is 16.7. The number of fused-ring (bicyclic) bond motifs is 1. The van der Waals surface area contributed by atoms with Crippen molar-refractivity contribution >= 4 is 27.3 Å². The number of rotatable bonds is 5. The molecule has 0 unspecified atom stereocenters. The van der Waals surface area contributed by atoms with Gasteiger partial charge in [0.1, 0.15) is 13.2 Å². The molecule has 0 saturated heterocycles. The van der Waals surface area contributed by atoms with Crippen LogP contribution in [0.25, 0.3) is 0 Å². The lowest BCUT2D eigenvalue weighted by atomic mass is 10.2. The van der Waals surface area contributed by atoms with Crippen molar-refractivity contribution in [1.29, 1.82) is 0 Å². The highest BCUT2D eigenvalue weighted by atomic mass is 32.2. The van der Waals surface area contributed by atoms with Gasteiger partial charge in [-0.2, -0.15) is 0 Å². The zero-order chi connectivity index (χ0) is 18.1. The molecular weight excluding hydrogens is 356 g/mol. The quantitative estimate of drug-likeness (QED) is 0.839. The Morgan fingerprint density at radius 1 is 0.923 bits per heavy atom. The average Bonchev–Trinajstić information content (AvgIpc) is 3.48. The molecule has 2 aromatic rings. The summed E-state index contributed by atoms with van der Waals surface area (Å²) in [6, 6.07) is 11.1. The van der Waals surface area contributed by atoms with Crippen molar-refractivity contribution in [1.82, 2.24) is 0 Å². The van der Waals surface area contributed by atoms with Gasteiger partial charge in [-0.25, -0.2) is 8.42 Å². The summed E-state index contributed by atoms with van der Waals surface area (Å²) >= 11 is 0. The van der Waals surface area contributed by atoms with Gasteiger partial charge in [0.15, 0.2) is 11.5 Å². The highest BCUT2D eigenvalue weighted by Gasteiger charge is 2.29. The highest BCUT2D eigenvalue weighted by molar-refractivity contribution is 7.92. The zero-order valence-corrected chi connectivity index (χ0v) is 14.7. The van der Waals surface area contributed by atoms with E-state index in [1.54, 1.807) is 30.3 Å². The number of anilines is 2. The van der Waals surface area contributed by atoms with Crippen molar-refractivity contribution in [3.8, 4) is 11.5 Å². The summed E-state index contributed by atoms with van der Waals surface area (Å²) in [5, 5.41) is 2.81. The Balaban J connectivity index is 1.47. The number of amides is 1. The van der Waals surface area contributed by atoms with Crippen LogP contribution in [0.2, 0.25) is 0 Å². The van der Waals surface area contributed by atoms with Crippen LogP contribution in [0.5, 0.6) is 11.5 Å². The number of carbonyl (C=O) groups excluding carboxylic acids is 1. The summed E-state index contributed by atoms with van der Waals surface area (Å²) in [5.74, 6) is 1.07. The van der Waals surface area contributed by atoms with Crippen LogP contribution >= 0.6 is 0 Å². The molecule has 0 atom stereocenters. The smallest absolute Gasteiger partial charge is 0.262 e. The van der Waals surface area contributed by atoms with Crippen molar-refractivity contribution in [3.05, 3.63) is 42.5 Å². The minimum absolute atomic E-state index is 0.00890. The van der Waals surface area contributed by atoms with Crippen LogP contribution in [0.1, 0.15) is 12.8 Å². The van der Waals surface area contributed by atoms with Crippen LogP contribution in [0.15, 0.2) is 47.4 Å². The van der Waals surface area contributed by atoms with E-state index in [4.69, 9.17) is 9.47 Å². The Labute approximate surface area is 151 Å². The van der Waals surface area contributed by atoms with Gasteiger partial charge in [0, 0.05) is 23.4 Å². The maximum Gasteiger partial charge on any atom is 0.262 e. The van der Waals surface area contributed by atoms with Crippen molar-refractivity contribution in [2.24, 2.45) is 5.92 Å². The van der Waals surface area contributed by atoms with Gasteiger partial charge in [-0.15, -0.1) is 0 Å². The molecule has 1 amide bonds. The minimum Gasteiger partial charge on any atom is -0.486 e. The second kappa shape index (κ2) is 6.53. The van der Waals surface area contributed by atoms with Gasteiger partial charge in [0.05, 0.1) is 4.90 Å². The van der Waals surface area contributed by atoms with E-state index in [0.29, 0.717) is 36.1 Å². The SMILES string of the molecule is O=C(Nc1ccc(NS(=O)(=O)c2ccc3c(c2)OCCO3)cc1)C1CC1. The molecule has 1 heterocycles. The molecule has 2 aliphatic rings. The van der Waals surface area contributed by atoms with Crippen molar-refractivity contribution in [2.75, 3.05) is 23.3 Å². The Morgan fingerprint density at radius 3 is 2.27 bits per heavy atom. The molecule has 0 radical (unpaired) electrons. The largest absolute Gasteiger partial charge is 0.486 e. The fourth-order valence-electron chi connectivity index (χ4n) is 2.62. The van der Waals surface area contributed by atoms with Crippen molar-refractivity contribution in [3.63, 3.8) is 0 Å². The van der Waals surface area contributed by atoms with E-state index in [2.05, 4.69) is 10.0 Å². The summed E-state index contributed by atoms with van der Waals surface area (Å²) in [7, 11) is -3.76. The molecule has 7 nitrogen and oxygen atoms in total. The van der Waals surface area contributed by atoms with E-state index in [0.717, 1.165) is 12.8 Å². The van der Waals surface area contributed by atoms with E-state index in [1.165, 1.54) is 12.1 Å². The lowest BCUT2D eigenvalue weighted by Crippen LogP contribution is -2.17. The van der Waals surface area contributed by atoms with Crippen LogP contribution in [0.3, 0.4) is 0 Å². The third kappa shape index (κ3) is 3.60. The minimum atomic E-state index is -3.76. The standard InChI is InChI=1S/C18H18N2O5S/c21-18(12-1-2-12)19-13-3-5-14(6-4-13)20-26(22,23)15-7-8-16-17(11-15)25-10-9-24-16/h3-8,11-12,20H,1-2,9-10H2,(H,19,21). The lowest BCUT2D eigenvalue weighted by molar-refractivity contribution is -0.117. The first-order valence-corrected chi connectivity index (χ1v) is 9.83. The van der Waals surface area contributed by atoms with Gasteiger partial charge in [-0.05, 0) is 49.2 Å². The second-order valence-electron chi connectivity index (χ2n) is 6.25. The number of benzene rings is 2. The van der Waals surface area contributed by atoms with E-state index in [-0.39, 0.29) is 16.7 Å². The van der Waals surface area contributed by atoms with Gasteiger partial charge in [0.25, 0.3) is 10.0 Å². The maximum atomic E-state index is 12.6. The van der Waals surface area contributed by atoms with Crippen molar-refractivity contribution in [2.45, 2.75) is 17.7 Å². The molecule has 1 aliphatic carbocycles. The fourth-order valence-corrected chi connectivity index (χ4v) is 3.69. The molecule has 1 fully saturated rings. The first-order valence-electron chi connectivity index (χ1n) is 8.35. The van der Waals surface area contributed by atoms with Gasteiger partial charge in [-0.1, -0.05) is 0 Å². The summed E-state index contributed by atoms with van der Waals surface area (Å²) in [6.45, 7) is 0.832. The molecular formula is C18H18N2O5S. The first-order chi connectivity index (χ1) is 12.5. The van der Waals surface area contributed by atoms with E-state index in [9.17, 15) is 13.2 Å². The summed E-state index contributed by atoms with van der Waals surface area (Å²) in [6.07, 6.45) is 1.86. The van der Waals surface area contributed by atoms with Gasteiger partial charge in [0.2, 0.25) is 5.91 Å². The van der Waals surface area contributed by atoms with Crippen LogP contribution in [0, 0.1) is 5.92 Å². The summed E-state index contributed by atoms with van der Waals surface area (Å²) in [4.78, 5) is 11.8. The number of hydrogen-bond acceptors (Lipinski definition) is 5. The monoisotopic (exact) mass is 374 g/mol. The number of ether oxygens (including phenoxy) is 2. The van der Waals surface area contributed by atoms with Crippen LogP contribution in [-0.4, -0.2) is 27.5 Å². The predicted octanol–water partition coefficient (Wildman–Crippen LogP) is 2.61. The van der Waals surface area contributed by atoms with Gasteiger partial charge < -0.3 is 14.8 Å². The zero-order valence-electron chi connectivity index (χ0n) is 13.9. The fraction of sp³-hybridized carbons (Fsp3) is 0.278. The molecule has 0 aromatic heterocycles. The van der Waals surface area contributed by atoms with E-state index >= 15 is 0 Å². The molecule has 2 N–H and O–H groups in total. The van der Waals surface area contributed by atoms with Crippen LogP contribution in [0.4, 0.5) is 11.4 Å². The number of carbonyl (C=O) groups is 1. The van der Waals surface area contributed by atoms with E-state index in [1.807, 2.05) is 0 Å². The van der Waals surface area contributed by atoms with Crippen molar-refractivity contribution < 1.29 is 22.7 Å². The molecule has 26 heavy (non-hydrogen) atoms. The molecule has 1 aliphatic heterocycles. The lowest BCUT2D eigenvalue weighted by Gasteiger charge is -2.19. The van der Waals surface area contributed by atoms with Gasteiger partial charge in [-0.3, -0.25) is 9.52 Å². The van der Waals surface area contributed by atoms with Gasteiger partial charge >= 0.3 is 0 Å². The molecule has 8 heteroatoms. The Hall–Kier alpha value is -2.74. The molecule has 4 rings (SSSR count). The average molecular weight is 374 g/mol. The summed E-state index contributed by atoms with van der Waals surface area (Å²) < 4.78 is 38.5. The second-order valence-corrected chi connectivity index (χ2v) is 7.93. The molecule has 1 saturated carbocycles. The predicted molar refractivity (Wildman–Crippen MR) is 96.0 cm³/mol. The Bertz CT molecular complexity index is 937. The molecule has 2 aromatic carbocycles. The highest BCUT2D eigenvalue weighted by Crippen LogP contribution is 2.33. The van der Waals surface area contributed by atoms with E-state index < -0.39 is 10.0 Å². The Kier molecular flexibility index (Phi) is 4.20. The summed E-state index contributed by atoms with van der Waals surface area (Å²) in [5.41, 5.74) is 1.05. The topological polar surface area (TPSA) is 93.7 Å². The Morgan fingerprint density at radius 2 is 1.58 bits per heavy atom. The number of nitrogens with one attached hydrogen (secondary N) is 2. The third-order valence-corrected chi connectivity index (χ3v) is 5.56. The normalized spacial score (nSPS) is 16.0. The third-order valence-electron chi connectivity index (χ3n) is 4.18. The van der Waals surface area contributed by atoms with Crippen LogP contribution < -0.4 is 19.5 Å². The number of sulfonamides is 1.